The molecule has 0 unspecified atom stereocenters. The third-order valence-electron chi connectivity index (χ3n) is 4.11. The molecule has 1 saturated heterocycles. The van der Waals surface area contributed by atoms with E-state index in [1.54, 1.807) is 6.08 Å². The van der Waals surface area contributed by atoms with Gasteiger partial charge in [-0.3, -0.25) is 0 Å². The van der Waals surface area contributed by atoms with Gasteiger partial charge in [-0.1, -0.05) is 29.3 Å². The molecule has 0 spiro atoms. The first kappa shape index (κ1) is 17.8. The number of aliphatic hydroxyl groups excluding tert-OH is 1. The third kappa shape index (κ3) is 3.34. The van der Waals surface area contributed by atoms with E-state index < -0.39 is 24.1 Å². The van der Waals surface area contributed by atoms with Crippen LogP contribution >= 0.6 is 23.2 Å². The molecule has 120 valence electrons. The van der Waals surface area contributed by atoms with Crippen LogP contribution in [0, 0.1) is 5.82 Å². The van der Waals surface area contributed by atoms with Gasteiger partial charge >= 0.3 is 7.12 Å². The molecule has 0 amide bonds. The monoisotopic (exact) mass is 346 g/mol. The van der Waals surface area contributed by atoms with E-state index in [0.29, 0.717) is 11.0 Å². The van der Waals surface area contributed by atoms with Crippen LogP contribution in [0.5, 0.6) is 0 Å². The first-order valence-corrected chi connectivity index (χ1v) is 7.64. The zero-order valence-corrected chi connectivity index (χ0v) is 14.4. The maximum Gasteiger partial charge on any atom is 0.492 e. The summed E-state index contributed by atoms with van der Waals surface area (Å²) in [6.45, 7) is 7.38. The van der Waals surface area contributed by atoms with Crippen LogP contribution in [0.1, 0.15) is 33.3 Å². The molecule has 1 N–H and O–H groups in total. The van der Waals surface area contributed by atoms with Crippen molar-refractivity contribution in [3.63, 3.8) is 0 Å². The number of rotatable bonds is 3. The Bertz CT molecular complexity index is 578. The van der Waals surface area contributed by atoms with E-state index in [-0.39, 0.29) is 16.7 Å². The quantitative estimate of drug-likeness (QED) is 0.836. The fourth-order valence-corrected chi connectivity index (χ4v) is 2.63. The molecule has 0 radical (unpaired) electrons. The predicted molar refractivity (Wildman–Crippen MR) is 87.6 cm³/mol. The number of benzene rings is 1. The van der Waals surface area contributed by atoms with Crippen molar-refractivity contribution >= 4 is 36.4 Å². The number of aliphatic hydroxyl groups is 1. The fourth-order valence-electron chi connectivity index (χ4n) is 2.06. The lowest BCUT2D eigenvalue weighted by molar-refractivity contribution is 0.00578. The third-order valence-corrected chi connectivity index (χ3v) is 4.74. The van der Waals surface area contributed by atoms with Crippen LogP contribution in [0.15, 0.2) is 17.6 Å². The van der Waals surface area contributed by atoms with Gasteiger partial charge in [-0.15, -0.1) is 0 Å². The Morgan fingerprint density at radius 3 is 2.05 bits per heavy atom. The summed E-state index contributed by atoms with van der Waals surface area (Å²) in [6.07, 6.45) is 1.58. The second-order valence-corrected chi connectivity index (χ2v) is 7.06. The average Bonchev–Trinajstić information content (AvgIpc) is 2.57. The van der Waals surface area contributed by atoms with Crippen LogP contribution in [0.4, 0.5) is 4.39 Å². The van der Waals surface area contributed by atoms with Gasteiger partial charge in [-0.25, -0.2) is 4.39 Å². The molecule has 1 aliphatic rings. The minimum atomic E-state index is -0.716. The Morgan fingerprint density at radius 1 is 1.18 bits per heavy atom. The molecule has 1 fully saturated rings. The smallest absolute Gasteiger partial charge is 0.400 e. The Hall–Kier alpha value is -0.585. The summed E-state index contributed by atoms with van der Waals surface area (Å²) in [4.78, 5) is 0. The van der Waals surface area contributed by atoms with E-state index in [2.05, 4.69) is 0 Å². The van der Waals surface area contributed by atoms with Crippen molar-refractivity contribution in [2.45, 2.75) is 38.9 Å². The number of hydrogen-bond acceptors (Lipinski definition) is 3. The van der Waals surface area contributed by atoms with Crippen LogP contribution in [0.3, 0.4) is 0 Å². The molecule has 1 aliphatic heterocycles. The molecule has 0 aromatic heterocycles. The van der Waals surface area contributed by atoms with E-state index in [9.17, 15) is 9.50 Å². The molecule has 0 bridgehead atoms. The van der Waals surface area contributed by atoms with Crippen molar-refractivity contribution in [2.24, 2.45) is 0 Å². The molecule has 1 aromatic carbocycles. The molecule has 22 heavy (non-hydrogen) atoms. The van der Waals surface area contributed by atoms with E-state index >= 15 is 0 Å². The van der Waals surface area contributed by atoms with Gasteiger partial charge in [0.1, 0.15) is 5.82 Å². The average molecular weight is 347 g/mol. The summed E-state index contributed by atoms with van der Waals surface area (Å²) in [5, 5.41) is 9.96. The lowest BCUT2D eigenvalue weighted by Gasteiger charge is -2.32. The van der Waals surface area contributed by atoms with Crippen LogP contribution in [-0.4, -0.2) is 30.0 Å². The van der Waals surface area contributed by atoms with Gasteiger partial charge in [-0.2, -0.15) is 0 Å². The Labute approximate surface area is 140 Å². The number of halogens is 3. The van der Waals surface area contributed by atoms with Gasteiger partial charge in [0.15, 0.2) is 0 Å². The van der Waals surface area contributed by atoms with Crippen molar-refractivity contribution < 1.29 is 18.8 Å². The van der Waals surface area contributed by atoms with Gasteiger partial charge < -0.3 is 14.4 Å². The molecule has 2 rings (SSSR count). The lowest BCUT2D eigenvalue weighted by atomic mass is 9.77. The SMILES string of the molecule is CC1(C)OB(C(=Cc2c(Cl)cc(F)cc2Cl)CO)OC1(C)C. The molecule has 3 nitrogen and oxygen atoms in total. The zero-order chi connectivity index (χ0) is 16.7. The summed E-state index contributed by atoms with van der Waals surface area (Å²) in [5.41, 5.74) is -0.164. The molecular formula is C15H18BCl2FO3. The van der Waals surface area contributed by atoms with Crippen LogP contribution < -0.4 is 0 Å². The van der Waals surface area contributed by atoms with Crippen LogP contribution in [-0.2, 0) is 9.31 Å². The molecule has 0 saturated carbocycles. The fraction of sp³-hybridized carbons (Fsp3) is 0.467. The highest BCUT2D eigenvalue weighted by atomic mass is 35.5. The first-order valence-electron chi connectivity index (χ1n) is 6.89. The van der Waals surface area contributed by atoms with E-state index in [1.165, 1.54) is 12.1 Å². The topological polar surface area (TPSA) is 38.7 Å². The highest BCUT2D eigenvalue weighted by Gasteiger charge is 2.52. The largest absolute Gasteiger partial charge is 0.492 e. The van der Waals surface area contributed by atoms with Crippen molar-refractivity contribution in [2.75, 3.05) is 6.61 Å². The Morgan fingerprint density at radius 2 is 1.64 bits per heavy atom. The standard InChI is InChI=1S/C15H18BCl2FO3/c1-14(2)15(3,4)22-16(21-14)9(8-20)5-11-12(17)6-10(19)7-13(11)18/h5-7,20H,8H2,1-4H3. The van der Waals surface area contributed by atoms with E-state index in [4.69, 9.17) is 32.5 Å². The van der Waals surface area contributed by atoms with Gasteiger partial charge in [0, 0.05) is 5.56 Å². The maximum absolute atomic E-state index is 13.2. The minimum absolute atomic E-state index is 0.160. The van der Waals surface area contributed by atoms with E-state index in [1.807, 2.05) is 27.7 Å². The summed E-state index contributed by atoms with van der Waals surface area (Å²) in [7, 11) is -0.716. The summed E-state index contributed by atoms with van der Waals surface area (Å²) in [5.74, 6) is -0.520. The highest BCUT2D eigenvalue weighted by molar-refractivity contribution is 6.56. The zero-order valence-electron chi connectivity index (χ0n) is 12.9. The molecular weight excluding hydrogens is 329 g/mol. The van der Waals surface area contributed by atoms with Crippen molar-refractivity contribution in [3.05, 3.63) is 39.0 Å². The van der Waals surface area contributed by atoms with Gasteiger partial charge in [0.05, 0.1) is 27.9 Å². The summed E-state index contributed by atoms with van der Waals surface area (Å²) >= 11 is 12.0. The first-order chi connectivity index (χ1) is 10.1. The second-order valence-electron chi connectivity index (χ2n) is 6.25. The molecule has 1 heterocycles. The van der Waals surface area contributed by atoms with E-state index in [0.717, 1.165) is 0 Å². The van der Waals surface area contributed by atoms with Crippen LogP contribution in [0.25, 0.3) is 6.08 Å². The van der Waals surface area contributed by atoms with Crippen molar-refractivity contribution in [1.29, 1.82) is 0 Å². The van der Waals surface area contributed by atoms with Gasteiger partial charge in [0.2, 0.25) is 0 Å². The van der Waals surface area contributed by atoms with Crippen LogP contribution in [0.2, 0.25) is 10.0 Å². The molecule has 0 atom stereocenters. The minimum Gasteiger partial charge on any atom is -0.400 e. The van der Waals surface area contributed by atoms with Gasteiger partial charge in [-0.05, 0) is 45.3 Å². The maximum atomic E-state index is 13.2. The summed E-state index contributed by atoms with van der Waals surface area (Å²) in [6, 6.07) is 2.33. The van der Waals surface area contributed by atoms with Crippen molar-refractivity contribution in [3.8, 4) is 0 Å². The highest BCUT2D eigenvalue weighted by Crippen LogP contribution is 2.39. The lowest BCUT2D eigenvalue weighted by Crippen LogP contribution is -2.41. The van der Waals surface area contributed by atoms with Gasteiger partial charge in [0.25, 0.3) is 0 Å². The molecule has 0 aliphatic carbocycles. The Kier molecular flexibility index (Phi) is 4.95. The molecule has 1 aromatic rings. The van der Waals surface area contributed by atoms with Crippen molar-refractivity contribution in [1.82, 2.24) is 0 Å². The Balaban J connectivity index is 2.38. The predicted octanol–water partition coefficient (Wildman–Crippen LogP) is 4.14. The summed E-state index contributed by atoms with van der Waals surface area (Å²) < 4.78 is 25.0. The molecule has 7 heteroatoms. The second kappa shape index (κ2) is 6.14. The normalized spacial score (nSPS) is 20.5. The number of hydrogen-bond donors (Lipinski definition) is 1.